The van der Waals surface area contributed by atoms with Gasteiger partial charge in [0.1, 0.15) is 0 Å². The van der Waals surface area contributed by atoms with E-state index in [1.165, 1.54) is 0 Å². The Labute approximate surface area is 117 Å². The number of hydrogen-bond donors (Lipinski definition) is 1. The van der Waals surface area contributed by atoms with Crippen LogP contribution in [0.4, 0.5) is 0 Å². The van der Waals surface area contributed by atoms with Gasteiger partial charge in [-0.05, 0) is 36.8 Å². The van der Waals surface area contributed by atoms with Crippen molar-refractivity contribution in [1.29, 1.82) is 0 Å². The zero-order valence-corrected chi connectivity index (χ0v) is 12.5. The van der Waals surface area contributed by atoms with Crippen molar-refractivity contribution in [3.63, 3.8) is 0 Å². The maximum absolute atomic E-state index is 12.4. The van der Waals surface area contributed by atoms with Gasteiger partial charge in [-0.3, -0.25) is 9.36 Å². The van der Waals surface area contributed by atoms with Gasteiger partial charge < -0.3 is 5.73 Å². The second kappa shape index (κ2) is 5.35. The molecule has 0 fully saturated rings. The van der Waals surface area contributed by atoms with Gasteiger partial charge in [-0.15, -0.1) is 0 Å². The van der Waals surface area contributed by atoms with Crippen molar-refractivity contribution in [3.8, 4) is 0 Å². The Morgan fingerprint density at radius 2 is 2.16 bits per heavy atom. The molecule has 0 saturated heterocycles. The monoisotopic (exact) mass is 277 g/mol. The highest BCUT2D eigenvalue weighted by molar-refractivity contribution is 7.99. The van der Waals surface area contributed by atoms with Gasteiger partial charge in [0.05, 0.1) is 10.9 Å². The van der Waals surface area contributed by atoms with E-state index in [1.807, 2.05) is 32.9 Å². The summed E-state index contributed by atoms with van der Waals surface area (Å²) in [5.74, 6) is 0.880. The Hall–Kier alpha value is -1.33. The van der Waals surface area contributed by atoms with E-state index in [-0.39, 0.29) is 11.6 Å². The molecule has 0 bridgehead atoms. The van der Waals surface area contributed by atoms with Gasteiger partial charge in [0.15, 0.2) is 5.16 Å². The molecule has 4 nitrogen and oxygen atoms in total. The summed E-state index contributed by atoms with van der Waals surface area (Å²) in [4.78, 5) is 17.1. The lowest BCUT2D eigenvalue weighted by atomic mass is 10.0. The quantitative estimate of drug-likeness (QED) is 0.691. The van der Waals surface area contributed by atoms with E-state index in [4.69, 9.17) is 5.73 Å². The molecule has 0 aliphatic carbocycles. The van der Waals surface area contributed by atoms with Crippen molar-refractivity contribution < 1.29 is 0 Å². The molecule has 5 heteroatoms. The zero-order valence-electron chi connectivity index (χ0n) is 11.7. The van der Waals surface area contributed by atoms with Crippen molar-refractivity contribution in [2.24, 2.45) is 12.8 Å². The number of nitrogens with zero attached hydrogens (tertiary/aromatic N) is 2. The molecular formula is C14H19N3OS. The molecule has 0 unspecified atom stereocenters. The molecule has 0 amide bonds. The summed E-state index contributed by atoms with van der Waals surface area (Å²) < 4.78 is 1.61. The highest BCUT2D eigenvalue weighted by atomic mass is 32.2. The largest absolute Gasteiger partial charge is 0.324 e. The first-order valence-corrected chi connectivity index (χ1v) is 7.34. The number of fused-ring (bicyclic) bond motifs is 1. The first-order chi connectivity index (χ1) is 8.95. The summed E-state index contributed by atoms with van der Waals surface area (Å²) in [5.41, 5.74) is 8.71. The fraction of sp³-hybridized carbons (Fsp3) is 0.429. The Kier molecular flexibility index (Phi) is 3.96. The number of aromatic nitrogens is 2. The summed E-state index contributed by atoms with van der Waals surface area (Å²) in [6.07, 6.45) is 0. The number of rotatable bonds is 3. The van der Waals surface area contributed by atoms with Crippen LogP contribution in [0.5, 0.6) is 0 Å². The predicted molar refractivity (Wildman–Crippen MR) is 80.7 cm³/mol. The van der Waals surface area contributed by atoms with E-state index in [1.54, 1.807) is 23.4 Å². The van der Waals surface area contributed by atoms with Crippen LogP contribution in [0.2, 0.25) is 0 Å². The fourth-order valence-electron chi connectivity index (χ4n) is 2.14. The smallest absolute Gasteiger partial charge is 0.261 e. The first-order valence-electron chi connectivity index (χ1n) is 6.35. The van der Waals surface area contributed by atoms with E-state index in [2.05, 4.69) is 4.98 Å². The van der Waals surface area contributed by atoms with Crippen LogP contribution in [-0.4, -0.2) is 15.3 Å². The molecular weight excluding hydrogens is 258 g/mol. The minimum absolute atomic E-state index is 0.00782. The van der Waals surface area contributed by atoms with Crippen molar-refractivity contribution in [3.05, 3.63) is 33.6 Å². The van der Waals surface area contributed by atoms with Crippen LogP contribution < -0.4 is 11.3 Å². The lowest BCUT2D eigenvalue weighted by Crippen LogP contribution is -2.21. The average Bonchev–Trinajstić information content (AvgIpc) is 2.36. The second-order valence-corrected chi connectivity index (χ2v) is 5.96. The predicted octanol–water partition coefficient (Wildman–Crippen LogP) is 2.37. The third-order valence-electron chi connectivity index (χ3n) is 3.08. The molecule has 19 heavy (non-hydrogen) atoms. The third-order valence-corrected chi connectivity index (χ3v) is 3.99. The number of nitrogens with two attached hydrogens (primary N) is 1. The number of thioether (sulfide) groups is 1. The molecule has 0 spiro atoms. The minimum Gasteiger partial charge on any atom is -0.324 e. The summed E-state index contributed by atoms with van der Waals surface area (Å²) >= 11 is 1.57. The topological polar surface area (TPSA) is 60.9 Å². The highest BCUT2D eigenvalue weighted by Crippen LogP contribution is 2.24. The number of benzene rings is 1. The van der Waals surface area contributed by atoms with Crippen LogP contribution in [-0.2, 0) is 7.05 Å². The standard InChI is InChI=1S/C14H19N3OS/c1-5-19-14-16-12-10(9(3)15)6-8(2)7-11(12)13(18)17(14)4/h6-7,9H,5,15H2,1-4H3/t9-/m1/s1. The molecule has 0 saturated carbocycles. The van der Waals surface area contributed by atoms with Crippen molar-refractivity contribution >= 4 is 22.7 Å². The second-order valence-electron chi connectivity index (χ2n) is 4.73. The zero-order chi connectivity index (χ0) is 14.2. The summed E-state index contributed by atoms with van der Waals surface area (Å²) in [5, 5.41) is 1.39. The van der Waals surface area contributed by atoms with E-state index in [0.717, 1.165) is 27.6 Å². The van der Waals surface area contributed by atoms with Crippen LogP contribution in [0.25, 0.3) is 10.9 Å². The van der Waals surface area contributed by atoms with Crippen LogP contribution in [0.1, 0.15) is 31.0 Å². The first kappa shape index (κ1) is 14.1. The Balaban J connectivity index is 2.88. The Morgan fingerprint density at radius 3 is 2.74 bits per heavy atom. The molecule has 2 rings (SSSR count). The van der Waals surface area contributed by atoms with Gasteiger partial charge in [0, 0.05) is 13.1 Å². The van der Waals surface area contributed by atoms with Crippen LogP contribution >= 0.6 is 11.8 Å². The van der Waals surface area contributed by atoms with Crippen LogP contribution in [0.15, 0.2) is 22.1 Å². The highest BCUT2D eigenvalue weighted by Gasteiger charge is 2.14. The molecule has 0 aliphatic heterocycles. The van der Waals surface area contributed by atoms with Gasteiger partial charge in [0.25, 0.3) is 5.56 Å². The summed E-state index contributed by atoms with van der Waals surface area (Å²) in [6, 6.07) is 3.76. The molecule has 0 aliphatic rings. The van der Waals surface area contributed by atoms with Gasteiger partial charge in [-0.2, -0.15) is 0 Å². The van der Waals surface area contributed by atoms with Crippen LogP contribution in [0, 0.1) is 6.92 Å². The van der Waals surface area contributed by atoms with Crippen molar-refractivity contribution in [1.82, 2.24) is 9.55 Å². The van der Waals surface area contributed by atoms with Crippen LogP contribution in [0.3, 0.4) is 0 Å². The van der Waals surface area contributed by atoms with E-state index >= 15 is 0 Å². The lowest BCUT2D eigenvalue weighted by Gasteiger charge is -2.13. The molecule has 2 aromatic rings. The summed E-state index contributed by atoms with van der Waals surface area (Å²) in [7, 11) is 1.76. The van der Waals surface area contributed by atoms with E-state index < -0.39 is 0 Å². The lowest BCUT2D eigenvalue weighted by molar-refractivity contribution is 0.721. The fourth-order valence-corrected chi connectivity index (χ4v) is 2.83. The van der Waals surface area contributed by atoms with Crippen molar-refractivity contribution in [2.75, 3.05) is 5.75 Å². The molecule has 2 N–H and O–H groups in total. The molecule has 1 heterocycles. The maximum Gasteiger partial charge on any atom is 0.261 e. The van der Waals surface area contributed by atoms with Gasteiger partial charge >= 0.3 is 0 Å². The molecule has 102 valence electrons. The SMILES string of the molecule is CCSc1nc2c([C@@H](C)N)cc(C)cc2c(=O)n1C. The number of hydrogen-bond acceptors (Lipinski definition) is 4. The van der Waals surface area contributed by atoms with Gasteiger partial charge in [-0.25, -0.2) is 4.98 Å². The molecule has 1 aromatic carbocycles. The summed E-state index contributed by atoms with van der Waals surface area (Å²) in [6.45, 7) is 5.93. The normalized spacial score (nSPS) is 12.9. The number of aryl methyl sites for hydroxylation is 1. The molecule has 1 atom stereocenters. The van der Waals surface area contributed by atoms with E-state index in [9.17, 15) is 4.79 Å². The Bertz CT molecular complexity index is 676. The average molecular weight is 277 g/mol. The van der Waals surface area contributed by atoms with Gasteiger partial charge in [0.2, 0.25) is 0 Å². The third kappa shape index (κ3) is 2.53. The Morgan fingerprint density at radius 1 is 1.47 bits per heavy atom. The molecule has 0 radical (unpaired) electrons. The van der Waals surface area contributed by atoms with Gasteiger partial charge in [-0.1, -0.05) is 24.8 Å². The molecule has 1 aromatic heterocycles. The minimum atomic E-state index is -0.138. The van der Waals surface area contributed by atoms with Crippen molar-refractivity contribution in [2.45, 2.75) is 32.0 Å². The maximum atomic E-state index is 12.4. The van der Waals surface area contributed by atoms with E-state index in [0.29, 0.717) is 5.39 Å².